The quantitative estimate of drug-likeness (QED) is 0.712. The van der Waals surface area contributed by atoms with Crippen LogP contribution in [-0.4, -0.2) is 42.3 Å². The van der Waals surface area contributed by atoms with Crippen molar-refractivity contribution in [3.05, 3.63) is 29.8 Å². The summed E-state index contributed by atoms with van der Waals surface area (Å²) in [5.41, 5.74) is 2.61. The van der Waals surface area contributed by atoms with Gasteiger partial charge in [-0.2, -0.15) is 0 Å². The highest BCUT2D eigenvalue weighted by atomic mass is 16.3. The first-order chi connectivity index (χ1) is 7.33. The maximum atomic E-state index is 9.36. The number of aliphatic hydroxyl groups is 1. The van der Waals surface area contributed by atoms with Crippen molar-refractivity contribution in [2.24, 2.45) is 0 Å². The molecule has 3 atom stereocenters. The lowest BCUT2D eigenvalue weighted by Crippen LogP contribution is -2.65. The van der Waals surface area contributed by atoms with E-state index in [9.17, 15) is 5.11 Å². The van der Waals surface area contributed by atoms with Gasteiger partial charge in [0.2, 0.25) is 0 Å². The van der Waals surface area contributed by atoms with Crippen LogP contribution in [0.4, 0.5) is 5.69 Å². The summed E-state index contributed by atoms with van der Waals surface area (Å²) >= 11 is 0. The van der Waals surface area contributed by atoms with Crippen molar-refractivity contribution in [1.82, 2.24) is 4.90 Å². The predicted molar refractivity (Wildman–Crippen MR) is 60.1 cm³/mol. The van der Waals surface area contributed by atoms with Gasteiger partial charge < -0.3 is 10.4 Å². The molecule has 2 aliphatic heterocycles. The molecule has 15 heavy (non-hydrogen) atoms. The highest BCUT2D eigenvalue weighted by Gasteiger charge is 2.48. The highest BCUT2D eigenvalue weighted by Crippen LogP contribution is 2.44. The van der Waals surface area contributed by atoms with Gasteiger partial charge in [0.15, 0.2) is 0 Å². The fraction of sp³-hybridized carbons (Fsp3) is 0.500. The van der Waals surface area contributed by atoms with Crippen LogP contribution in [0.3, 0.4) is 0 Å². The third kappa shape index (κ3) is 1.13. The number of likely N-dealkylation sites (N-methyl/N-ethyl adjacent to an activating group) is 1. The van der Waals surface area contributed by atoms with Crippen molar-refractivity contribution in [1.29, 1.82) is 0 Å². The lowest BCUT2D eigenvalue weighted by Gasteiger charge is -2.56. The number of para-hydroxylation sites is 1. The average molecular weight is 204 g/mol. The SMILES string of the molecule is CN1[C@@H]2CNc3ccccc3[C@@H]2[C@@H]1CO. The number of likely N-dealkylation sites (tertiary alicyclic amines) is 1. The Balaban J connectivity index is 1.99. The van der Waals surface area contributed by atoms with Crippen molar-refractivity contribution < 1.29 is 5.11 Å². The number of aliphatic hydroxyl groups excluding tert-OH is 1. The number of nitrogens with zero attached hydrogens (tertiary/aromatic N) is 1. The van der Waals surface area contributed by atoms with Crippen molar-refractivity contribution in [2.75, 3.05) is 25.5 Å². The molecule has 1 fully saturated rings. The molecule has 2 heterocycles. The third-order valence-corrected chi connectivity index (χ3v) is 3.88. The van der Waals surface area contributed by atoms with Crippen molar-refractivity contribution >= 4 is 5.69 Å². The van der Waals surface area contributed by atoms with Crippen LogP contribution in [-0.2, 0) is 0 Å². The van der Waals surface area contributed by atoms with Crippen molar-refractivity contribution in [3.63, 3.8) is 0 Å². The summed E-state index contributed by atoms with van der Waals surface area (Å²) < 4.78 is 0. The van der Waals surface area contributed by atoms with Crippen LogP contribution in [0.5, 0.6) is 0 Å². The molecule has 2 N–H and O–H groups in total. The van der Waals surface area contributed by atoms with Crippen molar-refractivity contribution in [3.8, 4) is 0 Å². The number of hydrogen-bond acceptors (Lipinski definition) is 3. The number of benzene rings is 1. The minimum Gasteiger partial charge on any atom is -0.395 e. The van der Waals surface area contributed by atoms with Crippen LogP contribution in [0.2, 0.25) is 0 Å². The van der Waals surface area contributed by atoms with Crippen LogP contribution in [0.25, 0.3) is 0 Å². The van der Waals surface area contributed by atoms with Gasteiger partial charge in [0, 0.05) is 30.2 Å². The molecule has 2 aliphatic rings. The summed E-state index contributed by atoms with van der Waals surface area (Å²) in [4.78, 5) is 2.27. The number of nitrogens with one attached hydrogen (secondary N) is 1. The lowest BCUT2D eigenvalue weighted by molar-refractivity contribution is -0.0175. The summed E-state index contributed by atoms with van der Waals surface area (Å²) in [5.74, 6) is 0.512. The Hall–Kier alpha value is -1.06. The fourth-order valence-corrected chi connectivity index (χ4v) is 3.00. The monoisotopic (exact) mass is 204 g/mol. The highest BCUT2D eigenvalue weighted by molar-refractivity contribution is 5.57. The first-order valence-electron chi connectivity index (χ1n) is 5.48. The summed E-state index contributed by atoms with van der Waals surface area (Å²) in [5, 5.41) is 12.8. The minimum atomic E-state index is 0.256. The zero-order valence-corrected chi connectivity index (χ0v) is 8.85. The largest absolute Gasteiger partial charge is 0.395 e. The smallest absolute Gasteiger partial charge is 0.0593 e. The van der Waals surface area contributed by atoms with Crippen LogP contribution in [0.15, 0.2) is 24.3 Å². The molecule has 3 nitrogen and oxygen atoms in total. The van der Waals surface area contributed by atoms with E-state index < -0.39 is 0 Å². The molecule has 0 amide bonds. The van der Waals surface area contributed by atoms with Crippen LogP contribution in [0, 0.1) is 0 Å². The molecule has 80 valence electrons. The molecule has 3 rings (SSSR count). The third-order valence-electron chi connectivity index (χ3n) is 3.88. The first kappa shape index (κ1) is 9.19. The van der Waals surface area contributed by atoms with Crippen molar-refractivity contribution in [2.45, 2.75) is 18.0 Å². The second-order valence-corrected chi connectivity index (χ2v) is 4.48. The van der Waals surface area contributed by atoms with E-state index >= 15 is 0 Å². The molecule has 0 radical (unpaired) electrons. The molecular formula is C12H16N2O. The molecule has 3 heteroatoms. The van der Waals surface area contributed by atoms with Gasteiger partial charge in [0.1, 0.15) is 0 Å². The molecule has 0 spiro atoms. The van der Waals surface area contributed by atoms with Gasteiger partial charge in [-0.1, -0.05) is 18.2 Å². The second kappa shape index (κ2) is 3.22. The maximum Gasteiger partial charge on any atom is 0.0593 e. The fourth-order valence-electron chi connectivity index (χ4n) is 3.00. The zero-order chi connectivity index (χ0) is 10.4. The zero-order valence-electron chi connectivity index (χ0n) is 8.85. The second-order valence-electron chi connectivity index (χ2n) is 4.48. The standard InChI is InChI=1S/C12H16N2O/c1-14-10-6-13-9-5-3-2-4-8(9)12(10)11(14)7-15/h2-5,10-13,15H,6-7H2,1H3/t10-,11+,12+/m1/s1. The van der Waals surface area contributed by atoms with Crippen LogP contribution < -0.4 is 5.32 Å². The summed E-state index contributed by atoms with van der Waals surface area (Å²) in [6, 6.07) is 9.29. The maximum absolute atomic E-state index is 9.36. The molecule has 0 aromatic heterocycles. The summed E-state index contributed by atoms with van der Waals surface area (Å²) in [7, 11) is 2.09. The van der Waals surface area contributed by atoms with E-state index in [-0.39, 0.29) is 6.61 Å². The van der Waals surface area contributed by atoms with Gasteiger partial charge in [-0.25, -0.2) is 0 Å². The lowest BCUT2D eigenvalue weighted by atomic mass is 9.73. The van der Waals surface area contributed by atoms with E-state index in [0.717, 1.165) is 6.54 Å². The van der Waals surface area contributed by atoms with Gasteiger partial charge in [-0.05, 0) is 18.7 Å². The van der Waals surface area contributed by atoms with Gasteiger partial charge >= 0.3 is 0 Å². The number of fused-ring (bicyclic) bond motifs is 3. The molecular weight excluding hydrogens is 188 g/mol. The average Bonchev–Trinajstić information content (AvgIpc) is 2.28. The van der Waals surface area contributed by atoms with Crippen LogP contribution >= 0.6 is 0 Å². The van der Waals surface area contributed by atoms with E-state index in [1.165, 1.54) is 11.3 Å². The molecule has 0 aliphatic carbocycles. The first-order valence-corrected chi connectivity index (χ1v) is 5.48. The Morgan fingerprint density at radius 1 is 1.47 bits per heavy atom. The van der Waals surface area contributed by atoms with E-state index in [2.05, 4.69) is 41.5 Å². The Kier molecular flexibility index (Phi) is 1.97. The number of hydrogen-bond donors (Lipinski definition) is 2. The molecule has 1 aromatic rings. The molecule has 0 unspecified atom stereocenters. The number of rotatable bonds is 1. The summed E-state index contributed by atoms with van der Waals surface area (Å²) in [6.07, 6.45) is 0. The molecule has 1 aromatic carbocycles. The van der Waals surface area contributed by atoms with Gasteiger partial charge in [-0.3, -0.25) is 4.90 Å². The normalized spacial score (nSPS) is 33.6. The minimum absolute atomic E-state index is 0.256. The summed E-state index contributed by atoms with van der Waals surface area (Å²) in [6.45, 7) is 1.25. The Morgan fingerprint density at radius 2 is 2.27 bits per heavy atom. The van der Waals surface area contributed by atoms with E-state index in [0.29, 0.717) is 18.0 Å². The molecule has 0 saturated carbocycles. The Bertz CT molecular complexity index is 380. The van der Waals surface area contributed by atoms with E-state index in [1.807, 2.05) is 0 Å². The van der Waals surface area contributed by atoms with Gasteiger partial charge in [0.05, 0.1) is 6.61 Å². The Labute approximate surface area is 89.7 Å². The van der Waals surface area contributed by atoms with E-state index in [4.69, 9.17) is 0 Å². The van der Waals surface area contributed by atoms with Crippen LogP contribution in [0.1, 0.15) is 11.5 Å². The molecule has 0 bridgehead atoms. The molecule has 1 saturated heterocycles. The Morgan fingerprint density at radius 3 is 3.07 bits per heavy atom. The topological polar surface area (TPSA) is 35.5 Å². The van der Waals surface area contributed by atoms with E-state index in [1.54, 1.807) is 0 Å². The van der Waals surface area contributed by atoms with Gasteiger partial charge in [0.25, 0.3) is 0 Å². The predicted octanol–water partition coefficient (Wildman–Crippen LogP) is 0.871. The number of anilines is 1. The van der Waals surface area contributed by atoms with Gasteiger partial charge in [-0.15, -0.1) is 0 Å².